The second kappa shape index (κ2) is 11.7. The Labute approximate surface area is 121 Å². The fourth-order valence-corrected chi connectivity index (χ4v) is 2.93. The molecule has 1 fully saturated rings. The molecule has 2 heteroatoms. The van der Waals surface area contributed by atoms with Gasteiger partial charge in [0.25, 0.3) is 0 Å². The van der Waals surface area contributed by atoms with Gasteiger partial charge in [0.1, 0.15) is 0 Å². The standard InChI is InChI=1S/C17H36N2/c1-3-5-6-7-8-9-10-11-12-13-14-19(4-2)17-15-18-16-17/h17-18H,3-16H2,1-2H3. The molecule has 0 radical (unpaired) electrons. The number of rotatable bonds is 13. The zero-order valence-electron chi connectivity index (χ0n) is 13.4. The van der Waals surface area contributed by atoms with Gasteiger partial charge in [0, 0.05) is 19.1 Å². The van der Waals surface area contributed by atoms with Crippen molar-refractivity contribution >= 4 is 0 Å². The van der Waals surface area contributed by atoms with Crippen LogP contribution in [0.25, 0.3) is 0 Å². The molecule has 0 saturated carbocycles. The summed E-state index contributed by atoms with van der Waals surface area (Å²) in [6.07, 6.45) is 14.4. The largest absolute Gasteiger partial charge is 0.314 e. The monoisotopic (exact) mass is 268 g/mol. The van der Waals surface area contributed by atoms with Crippen molar-refractivity contribution in [3.05, 3.63) is 0 Å². The van der Waals surface area contributed by atoms with Gasteiger partial charge in [-0.15, -0.1) is 0 Å². The van der Waals surface area contributed by atoms with E-state index in [9.17, 15) is 0 Å². The van der Waals surface area contributed by atoms with Crippen molar-refractivity contribution in [3.8, 4) is 0 Å². The predicted octanol–water partition coefficient (Wildman–Crippen LogP) is 4.20. The first kappa shape index (κ1) is 17.0. The van der Waals surface area contributed by atoms with Crippen molar-refractivity contribution < 1.29 is 0 Å². The summed E-state index contributed by atoms with van der Waals surface area (Å²) in [5.41, 5.74) is 0. The smallest absolute Gasteiger partial charge is 0.0345 e. The van der Waals surface area contributed by atoms with E-state index in [2.05, 4.69) is 24.1 Å². The minimum absolute atomic E-state index is 0.837. The highest BCUT2D eigenvalue weighted by atomic mass is 15.2. The van der Waals surface area contributed by atoms with Gasteiger partial charge in [-0.2, -0.15) is 0 Å². The SMILES string of the molecule is CCCCCCCCCCCCN(CC)C1CNC1. The average molecular weight is 268 g/mol. The number of nitrogens with zero attached hydrogens (tertiary/aromatic N) is 1. The van der Waals surface area contributed by atoms with Crippen LogP contribution in [0, 0.1) is 0 Å². The van der Waals surface area contributed by atoms with Gasteiger partial charge >= 0.3 is 0 Å². The molecule has 19 heavy (non-hydrogen) atoms. The van der Waals surface area contributed by atoms with Crippen molar-refractivity contribution in [1.82, 2.24) is 10.2 Å². The van der Waals surface area contributed by atoms with E-state index >= 15 is 0 Å². The zero-order valence-corrected chi connectivity index (χ0v) is 13.4. The molecule has 0 bridgehead atoms. The molecule has 114 valence electrons. The highest BCUT2D eigenvalue weighted by molar-refractivity contribution is 4.83. The third-order valence-electron chi connectivity index (χ3n) is 4.48. The van der Waals surface area contributed by atoms with Gasteiger partial charge in [-0.3, -0.25) is 4.90 Å². The van der Waals surface area contributed by atoms with Crippen molar-refractivity contribution in [2.45, 2.75) is 84.1 Å². The second-order valence-electron chi connectivity index (χ2n) is 6.12. The molecule has 1 heterocycles. The van der Waals surface area contributed by atoms with E-state index < -0.39 is 0 Å². The summed E-state index contributed by atoms with van der Waals surface area (Å²) >= 11 is 0. The summed E-state index contributed by atoms with van der Waals surface area (Å²) < 4.78 is 0. The number of likely N-dealkylation sites (N-methyl/N-ethyl adjacent to an activating group) is 1. The third kappa shape index (κ3) is 7.94. The van der Waals surface area contributed by atoms with Crippen LogP contribution < -0.4 is 5.32 Å². The Morgan fingerprint density at radius 3 is 1.74 bits per heavy atom. The second-order valence-corrected chi connectivity index (χ2v) is 6.12. The van der Waals surface area contributed by atoms with Crippen LogP contribution in [0.3, 0.4) is 0 Å². The molecule has 1 aliphatic heterocycles. The summed E-state index contributed by atoms with van der Waals surface area (Å²) in [5, 5.41) is 3.37. The molecule has 0 unspecified atom stereocenters. The molecule has 0 amide bonds. The molecular weight excluding hydrogens is 232 g/mol. The Morgan fingerprint density at radius 1 is 0.789 bits per heavy atom. The third-order valence-corrected chi connectivity index (χ3v) is 4.48. The van der Waals surface area contributed by atoms with Crippen LogP contribution in [0.2, 0.25) is 0 Å². The molecule has 1 rings (SSSR count). The van der Waals surface area contributed by atoms with Gasteiger partial charge in [-0.05, 0) is 19.5 Å². The van der Waals surface area contributed by atoms with Gasteiger partial charge in [0.05, 0.1) is 0 Å². The van der Waals surface area contributed by atoms with Gasteiger partial charge < -0.3 is 5.32 Å². The predicted molar refractivity (Wildman–Crippen MR) is 85.7 cm³/mol. The maximum Gasteiger partial charge on any atom is 0.0345 e. The zero-order chi connectivity index (χ0) is 13.8. The fraction of sp³-hybridized carbons (Fsp3) is 1.00. The minimum Gasteiger partial charge on any atom is -0.314 e. The van der Waals surface area contributed by atoms with Gasteiger partial charge in [0.15, 0.2) is 0 Å². The molecule has 1 saturated heterocycles. The number of hydrogen-bond donors (Lipinski definition) is 1. The maximum absolute atomic E-state index is 3.37. The first-order valence-corrected chi connectivity index (χ1v) is 8.83. The summed E-state index contributed by atoms with van der Waals surface area (Å²) in [7, 11) is 0. The van der Waals surface area contributed by atoms with Crippen molar-refractivity contribution in [3.63, 3.8) is 0 Å². The van der Waals surface area contributed by atoms with Crippen LogP contribution in [-0.2, 0) is 0 Å². The van der Waals surface area contributed by atoms with Crippen LogP contribution in [0.1, 0.15) is 78.1 Å². The fourth-order valence-electron chi connectivity index (χ4n) is 2.93. The lowest BCUT2D eigenvalue weighted by Gasteiger charge is -2.37. The van der Waals surface area contributed by atoms with Crippen molar-refractivity contribution in [2.24, 2.45) is 0 Å². The van der Waals surface area contributed by atoms with Gasteiger partial charge in [-0.1, -0.05) is 71.6 Å². The van der Waals surface area contributed by atoms with Crippen LogP contribution in [0.4, 0.5) is 0 Å². The van der Waals surface area contributed by atoms with E-state index in [1.165, 1.54) is 90.4 Å². The Balaban J connectivity index is 1.80. The van der Waals surface area contributed by atoms with E-state index in [4.69, 9.17) is 0 Å². The lowest BCUT2D eigenvalue weighted by molar-refractivity contribution is 0.150. The lowest BCUT2D eigenvalue weighted by atomic mass is 10.1. The van der Waals surface area contributed by atoms with E-state index in [0.29, 0.717) is 0 Å². The van der Waals surface area contributed by atoms with E-state index in [1.807, 2.05) is 0 Å². The number of unbranched alkanes of at least 4 members (excludes halogenated alkanes) is 9. The summed E-state index contributed by atoms with van der Waals surface area (Å²) in [6.45, 7) is 9.56. The lowest BCUT2D eigenvalue weighted by Crippen LogP contribution is -2.57. The van der Waals surface area contributed by atoms with E-state index in [-0.39, 0.29) is 0 Å². The molecule has 0 aliphatic carbocycles. The summed E-state index contributed by atoms with van der Waals surface area (Å²) in [5.74, 6) is 0. The quantitative estimate of drug-likeness (QED) is 0.504. The topological polar surface area (TPSA) is 15.3 Å². The Bertz CT molecular complexity index is 190. The average Bonchev–Trinajstić information content (AvgIpc) is 2.37. The Kier molecular flexibility index (Phi) is 10.5. The highest BCUT2D eigenvalue weighted by Crippen LogP contribution is 2.12. The first-order chi connectivity index (χ1) is 9.38. The Morgan fingerprint density at radius 2 is 1.32 bits per heavy atom. The van der Waals surface area contributed by atoms with E-state index in [1.54, 1.807) is 0 Å². The van der Waals surface area contributed by atoms with Gasteiger partial charge in [-0.25, -0.2) is 0 Å². The summed E-state index contributed by atoms with van der Waals surface area (Å²) in [6, 6.07) is 0.837. The molecule has 0 atom stereocenters. The van der Waals surface area contributed by atoms with Gasteiger partial charge in [0.2, 0.25) is 0 Å². The van der Waals surface area contributed by atoms with Crippen LogP contribution in [0.5, 0.6) is 0 Å². The highest BCUT2D eigenvalue weighted by Gasteiger charge is 2.22. The normalized spacial score (nSPS) is 15.9. The molecular formula is C17H36N2. The van der Waals surface area contributed by atoms with Crippen molar-refractivity contribution in [2.75, 3.05) is 26.2 Å². The molecule has 0 aromatic carbocycles. The molecule has 0 aromatic heterocycles. The first-order valence-electron chi connectivity index (χ1n) is 8.83. The number of nitrogens with one attached hydrogen (secondary N) is 1. The van der Waals surface area contributed by atoms with Crippen molar-refractivity contribution in [1.29, 1.82) is 0 Å². The molecule has 1 aliphatic rings. The van der Waals surface area contributed by atoms with Crippen LogP contribution in [-0.4, -0.2) is 37.1 Å². The molecule has 0 aromatic rings. The van der Waals surface area contributed by atoms with Crippen LogP contribution in [0.15, 0.2) is 0 Å². The Hall–Kier alpha value is -0.0800. The minimum atomic E-state index is 0.837. The molecule has 1 N–H and O–H groups in total. The maximum atomic E-state index is 3.37. The molecule has 0 spiro atoms. The van der Waals surface area contributed by atoms with E-state index in [0.717, 1.165) is 6.04 Å². The molecule has 2 nitrogen and oxygen atoms in total. The van der Waals surface area contributed by atoms with Crippen LogP contribution >= 0.6 is 0 Å². The number of hydrogen-bond acceptors (Lipinski definition) is 2. The summed E-state index contributed by atoms with van der Waals surface area (Å²) in [4.78, 5) is 2.65.